The van der Waals surface area contributed by atoms with Crippen LogP contribution in [0.3, 0.4) is 0 Å². The van der Waals surface area contributed by atoms with Gasteiger partial charge in [0.1, 0.15) is 0 Å². The lowest BCUT2D eigenvalue weighted by Gasteiger charge is -2.38. The Kier molecular flexibility index (Phi) is 4.38. The third kappa shape index (κ3) is 2.98. The zero-order valence-electron chi connectivity index (χ0n) is 9.48. The molecule has 5 heteroatoms. The average molecular weight is 236 g/mol. The van der Waals surface area contributed by atoms with Gasteiger partial charge in [0.25, 0.3) is 0 Å². The molecule has 0 saturated heterocycles. The molecule has 1 saturated carbocycles. The molecular weight excluding hydrogens is 217 g/mol. The van der Waals surface area contributed by atoms with Crippen molar-refractivity contribution in [3.8, 4) is 0 Å². The van der Waals surface area contributed by atoms with Gasteiger partial charge in [-0.15, -0.1) is 0 Å². The summed E-state index contributed by atoms with van der Waals surface area (Å²) < 4.78 is 38.6. The molecule has 0 aromatic carbocycles. The van der Waals surface area contributed by atoms with Gasteiger partial charge in [-0.25, -0.2) is 0 Å². The second kappa shape index (κ2) is 5.19. The van der Waals surface area contributed by atoms with Gasteiger partial charge in [0.05, 0.1) is 5.92 Å². The highest BCUT2D eigenvalue weighted by atomic mass is 19.4. The van der Waals surface area contributed by atoms with Crippen LogP contribution >= 0.6 is 0 Å². The number of nitrogens with two attached hydrogens (primary N) is 1. The summed E-state index contributed by atoms with van der Waals surface area (Å²) >= 11 is 0. The fourth-order valence-electron chi connectivity index (χ4n) is 2.60. The van der Waals surface area contributed by atoms with Crippen LogP contribution in [0, 0.1) is 11.8 Å². The van der Waals surface area contributed by atoms with Gasteiger partial charge in [-0.05, 0) is 25.7 Å². The molecule has 16 heavy (non-hydrogen) atoms. The van der Waals surface area contributed by atoms with Gasteiger partial charge in [0.2, 0.25) is 0 Å². The van der Waals surface area contributed by atoms with E-state index in [9.17, 15) is 13.2 Å². The number of alkyl halides is 3. The van der Waals surface area contributed by atoms with E-state index in [0.29, 0.717) is 18.4 Å². The Balaban J connectivity index is 2.84. The molecule has 3 unspecified atom stereocenters. The second-order valence-electron chi connectivity index (χ2n) is 4.59. The van der Waals surface area contributed by atoms with Gasteiger partial charge < -0.3 is 0 Å². The van der Waals surface area contributed by atoms with Crippen molar-refractivity contribution in [3.05, 3.63) is 12.2 Å². The molecule has 1 aliphatic rings. The van der Waals surface area contributed by atoms with Crippen LogP contribution in [0.25, 0.3) is 0 Å². The van der Waals surface area contributed by atoms with Gasteiger partial charge >= 0.3 is 6.18 Å². The van der Waals surface area contributed by atoms with E-state index in [-0.39, 0.29) is 6.42 Å². The first-order valence-corrected chi connectivity index (χ1v) is 5.56. The number of hydrogen-bond donors (Lipinski definition) is 2. The molecule has 0 spiro atoms. The maximum Gasteiger partial charge on any atom is 0.392 e. The van der Waals surface area contributed by atoms with Crippen molar-refractivity contribution in [1.82, 2.24) is 5.43 Å². The van der Waals surface area contributed by atoms with Crippen LogP contribution in [0.4, 0.5) is 13.2 Å². The van der Waals surface area contributed by atoms with Crippen molar-refractivity contribution >= 4 is 0 Å². The Bertz CT molecular complexity index is 250. The van der Waals surface area contributed by atoms with Gasteiger partial charge in [-0.2, -0.15) is 13.2 Å². The summed E-state index contributed by atoms with van der Waals surface area (Å²) in [7, 11) is 0. The first kappa shape index (κ1) is 13.5. The predicted molar refractivity (Wildman–Crippen MR) is 57.4 cm³/mol. The molecule has 0 radical (unpaired) electrons. The van der Waals surface area contributed by atoms with Crippen LogP contribution < -0.4 is 11.3 Å². The van der Waals surface area contributed by atoms with Crippen LogP contribution in [0.5, 0.6) is 0 Å². The smallest absolute Gasteiger partial charge is 0.271 e. The summed E-state index contributed by atoms with van der Waals surface area (Å²) in [6, 6.07) is -0.438. The van der Waals surface area contributed by atoms with Gasteiger partial charge in [0.15, 0.2) is 0 Å². The molecule has 2 nitrogen and oxygen atoms in total. The quantitative estimate of drug-likeness (QED) is 0.449. The van der Waals surface area contributed by atoms with E-state index in [0.717, 1.165) is 6.42 Å². The Hall–Kier alpha value is -0.550. The monoisotopic (exact) mass is 236 g/mol. The minimum atomic E-state index is -4.13. The molecule has 3 N–H and O–H groups in total. The molecule has 1 fully saturated rings. The molecule has 0 heterocycles. The summed E-state index contributed by atoms with van der Waals surface area (Å²) in [5.74, 6) is 3.61. The van der Waals surface area contributed by atoms with Crippen LogP contribution in [0.1, 0.15) is 32.6 Å². The van der Waals surface area contributed by atoms with Crippen LogP contribution in [-0.4, -0.2) is 12.2 Å². The fraction of sp³-hybridized carbons (Fsp3) is 0.818. The highest BCUT2D eigenvalue weighted by molar-refractivity contribution is 5.06. The zero-order valence-corrected chi connectivity index (χ0v) is 9.48. The molecule has 1 aliphatic carbocycles. The minimum Gasteiger partial charge on any atom is -0.271 e. The summed E-state index contributed by atoms with van der Waals surface area (Å²) in [5.41, 5.74) is 3.14. The summed E-state index contributed by atoms with van der Waals surface area (Å²) in [5, 5.41) is 0. The summed E-state index contributed by atoms with van der Waals surface area (Å²) in [6.45, 7) is 5.42. The van der Waals surface area contributed by atoms with Gasteiger partial charge in [-0.3, -0.25) is 11.3 Å². The SMILES string of the molecule is C=C(C)C(NN)C1CCCCC1C(F)(F)F. The van der Waals surface area contributed by atoms with Crippen LogP contribution in [-0.2, 0) is 0 Å². The third-order valence-electron chi connectivity index (χ3n) is 3.38. The number of rotatable bonds is 3. The maximum absolute atomic E-state index is 12.9. The van der Waals surface area contributed by atoms with Crippen molar-refractivity contribution in [1.29, 1.82) is 0 Å². The Morgan fingerprint density at radius 2 is 1.94 bits per heavy atom. The molecule has 0 aliphatic heterocycles. The molecule has 0 amide bonds. The molecule has 0 aromatic heterocycles. The second-order valence-corrected chi connectivity index (χ2v) is 4.59. The Labute approximate surface area is 94.0 Å². The Morgan fingerprint density at radius 3 is 2.38 bits per heavy atom. The molecule has 3 atom stereocenters. The van der Waals surface area contributed by atoms with Gasteiger partial charge in [0, 0.05) is 6.04 Å². The summed E-state index contributed by atoms with van der Waals surface area (Å²) in [4.78, 5) is 0. The number of hydrazine groups is 1. The van der Waals surface area contributed by atoms with Crippen molar-refractivity contribution in [2.75, 3.05) is 0 Å². The maximum atomic E-state index is 12.9. The van der Waals surface area contributed by atoms with Gasteiger partial charge in [-0.1, -0.05) is 25.0 Å². The van der Waals surface area contributed by atoms with E-state index < -0.39 is 24.1 Å². The van der Waals surface area contributed by atoms with E-state index in [2.05, 4.69) is 12.0 Å². The van der Waals surface area contributed by atoms with E-state index >= 15 is 0 Å². The molecular formula is C11H19F3N2. The standard InChI is InChI=1S/C11H19F3N2/c1-7(2)10(16-15)8-5-3-4-6-9(8)11(12,13)14/h8-10,16H,1,3-6,15H2,2H3. The van der Waals surface area contributed by atoms with E-state index in [1.54, 1.807) is 6.92 Å². The van der Waals surface area contributed by atoms with E-state index in [4.69, 9.17) is 5.84 Å². The first-order valence-electron chi connectivity index (χ1n) is 5.56. The fourth-order valence-corrected chi connectivity index (χ4v) is 2.60. The Morgan fingerprint density at radius 1 is 1.38 bits per heavy atom. The van der Waals surface area contributed by atoms with Crippen LogP contribution in [0.15, 0.2) is 12.2 Å². The third-order valence-corrected chi connectivity index (χ3v) is 3.38. The molecule has 94 valence electrons. The lowest BCUT2D eigenvalue weighted by atomic mass is 9.73. The van der Waals surface area contributed by atoms with Crippen molar-refractivity contribution in [2.24, 2.45) is 17.7 Å². The zero-order chi connectivity index (χ0) is 12.3. The highest BCUT2D eigenvalue weighted by Crippen LogP contribution is 2.43. The van der Waals surface area contributed by atoms with E-state index in [1.807, 2.05) is 0 Å². The number of halogens is 3. The van der Waals surface area contributed by atoms with E-state index in [1.165, 1.54) is 0 Å². The van der Waals surface area contributed by atoms with Crippen molar-refractivity contribution in [2.45, 2.75) is 44.8 Å². The summed E-state index contributed by atoms with van der Waals surface area (Å²) in [6.07, 6.45) is -1.88. The molecule has 0 bridgehead atoms. The minimum absolute atomic E-state index is 0.208. The molecule has 0 aromatic rings. The largest absolute Gasteiger partial charge is 0.392 e. The predicted octanol–water partition coefficient (Wildman–Crippen LogP) is 2.76. The molecule has 1 rings (SSSR count). The van der Waals surface area contributed by atoms with Crippen molar-refractivity contribution < 1.29 is 13.2 Å². The lowest BCUT2D eigenvalue weighted by Crippen LogP contribution is -2.48. The van der Waals surface area contributed by atoms with Crippen molar-refractivity contribution in [3.63, 3.8) is 0 Å². The lowest BCUT2D eigenvalue weighted by molar-refractivity contribution is -0.198. The number of hydrogen-bond acceptors (Lipinski definition) is 2. The first-order chi connectivity index (χ1) is 7.38. The topological polar surface area (TPSA) is 38.0 Å². The van der Waals surface area contributed by atoms with Crippen LogP contribution in [0.2, 0.25) is 0 Å². The average Bonchev–Trinajstić information content (AvgIpc) is 2.17. The highest BCUT2D eigenvalue weighted by Gasteiger charge is 2.47. The number of nitrogens with one attached hydrogen (secondary N) is 1. The normalized spacial score (nSPS) is 28.8.